The number of rotatable bonds is 2. The molecule has 0 aromatic rings. The van der Waals surface area contributed by atoms with Crippen molar-refractivity contribution in [1.29, 1.82) is 0 Å². The molecule has 72 valence electrons. The second-order valence-corrected chi connectivity index (χ2v) is 3.80. The topological polar surface area (TPSA) is 60.7 Å². The SMILES string of the molecule is CC(O)C(O)C1CCC(O)CC1. The lowest BCUT2D eigenvalue weighted by Gasteiger charge is -2.30. The molecule has 0 aromatic heterocycles. The molecule has 0 heterocycles. The third kappa shape index (κ3) is 2.44. The minimum absolute atomic E-state index is 0.174. The molecular formula is C9H18O3. The van der Waals surface area contributed by atoms with E-state index >= 15 is 0 Å². The van der Waals surface area contributed by atoms with Gasteiger partial charge in [0.15, 0.2) is 0 Å². The molecule has 3 nitrogen and oxygen atoms in total. The number of aliphatic hydroxyl groups is 3. The molecule has 3 N–H and O–H groups in total. The Hall–Kier alpha value is -0.120. The third-order valence-electron chi connectivity index (χ3n) is 2.72. The van der Waals surface area contributed by atoms with Gasteiger partial charge >= 0.3 is 0 Å². The lowest BCUT2D eigenvalue weighted by atomic mass is 9.82. The van der Waals surface area contributed by atoms with Gasteiger partial charge in [-0.3, -0.25) is 0 Å². The van der Waals surface area contributed by atoms with Gasteiger partial charge in [0.2, 0.25) is 0 Å². The first-order chi connectivity index (χ1) is 5.61. The molecule has 0 saturated heterocycles. The van der Waals surface area contributed by atoms with Crippen molar-refractivity contribution in [3.63, 3.8) is 0 Å². The minimum atomic E-state index is -0.648. The van der Waals surface area contributed by atoms with Crippen molar-refractivity contribution >= 4 is 0 Å². The smallest absolute Gasteiger partial charge is 0.0824 e. The van der Waals surface area contributed by atoms with Crippen LogP contribution in [0.1, 0.15) is 32.6 Å². The van der Waals surface area contributed by atoms with Gasteiger partial charge < -0.3 is 15.3 Å². The summed E-state index contributed by atoms with van der Waals surface area (Å²) in [4.78, 5) is 0. The molecule has 1 fully saturated rings. The minimum Gasteiger partial charge on any atom is -0.393 e. The van der Waals surface area contributed by atoms with Crippen LogP contribution in [0.3, 0.4) is 0 Å². The number of hydrogen-bond donors (Lipinski definition) is 3. The zero-order valence-electron chi connectivity index (χ0n) is 7.48. The van der Waals surface area contributed by atoms with Gasteiger partial charge in [-0.2, -0.15) is 0 Å². The zero-order chi connectivity index (χ0) is 9.14. The fraction of sp³-hybridized carbons (Fsp3) is 1.00. The van der Waals surface area contributed by atoms with Crippen molar-refractivity contribution < 1.29 is 15.3 Å². The number of hydrogen-bond acceptors (Lipinski definition) is 3. The quantitative estimate of drug-likeness (QED) is 0.563. The van der Waals surface area contributed by atoms with Gasteiger partial charge in [-0.15, -0.1) is 0 Å². The third-order valence-corrected chi connectivity index (χ3v) is 2.72. The summed E-state index contributed by atoms with van der Waals surface area (Å²) in [6, 6.07) is 0. The summed E-state index contributed by atoms with van der Waals surface area (Å²) in [7, 11) is 0. The fourth-order valence-electron chi connectivity index (χ4n) is 1.84. The highest BCUT2D eigenvalue weighted by Crippen LogP contribution is 2.27. The number of aliphatic hydroxyl groups excluding tert-OH is 3. The maximum atomic E-state index is 9.51. The van der Waals surface area contributed by atoms with Crippen LogP contribution in [0.5, 0.6) is 0 Å². The molecule has 1 saturated carbocycles. The average molecular weight is 174 g/mol. The van der Waals surface area contributed by atoms with E-state index in [0.717, 1.165) is 25.7 Å². The van der Waals surface area contributed by atoms with E-state index in [1.807, 2.05) is 0 Å². The Kier molecular flexibility index (Phi) is 3.50. The first-order valence-electron chi connectivity index (χ1n) is 4.65. The second kappa shape index (κ2) is 4.21. The molecule has 0 aliphatic heterocycles. The van der Waals surface area contributed by atoms with Gasteiger partial charge in [0.05, 0.1) is 18.3 Å². The van der Waals surface area contributed by atoms with Crippen LogP contribution in [-0.2, 0) is 0 Å². The standard InChI is InChI=1S/C9H18O3/c1-6(10)9(12)7-2-4-8(11)5-3-7/h6-12H,2-5H2,1H3. The van der Waals surface area contributed by atoms with Crippen LogP contribution >= 0.6 is 0 Å². The van der Waals surface area contributed by atoms with Crippen molar-refractivity contribution in [3.8, 4) is 0 Å². The van der Waals surface area contributed by atoms with Gasteiger partial charge in [-0.25, -0.2) is 0 Å². The van der Waals surface area contributed by atoms with E-state index in [1.165, 1.54) is 0 Å². The second-order valence-electron chi connectivity index (χ2n) is 3.80. The Morgan fingerprint density at radius 1 is 1.08 bits per heavy atom. The van der Waals surface area contributed by atoms with E-state index in [-0.39, 0.29) is 12.0 Å². The van der Waals surface area contributed by atoms with Crippen LogP contribution in [-0.4, -0.2) is 33.6 Å². The van der Waals surface area contributed by atoms with E-state index in [0.29, 0.717) is 0 Å². The molecule has 0 spiro atoms. The Labute approximate surface area is 73.0 Å². The summed E-state index contributed by atoms with van der Waals surface area (Å²) in [6.45, 7) is 1.61. The molecule has 1 aliphatic carbocycles. The van der Waals surface area contributed by atoms with Crippen LogP contribution in [0, 0.1) is 5.92 Å². The average Bonchev–Trinajstić information content (AvgIpc) is 2.04. The van der Waals surface area contributed by atoms with E-state index in [4.69, 9.17) is 5.11 Å². The highest BCUT2D eigenvalue weighted by atomic mass is 16.3. The van der Waals surface area contributed by atoms with Gasteiger partial charge in [-0.1, -0.05) is 0 Å². The molecule has 1 aliphatic rings. The molecule has 2 atom stereocenters. The van der Waals surface area contributed by atoms with E-state index in [2.05, 4.69) is 0 Å². The zero-order valence-corrected chi connectivity index (χ0v) is 7.48. The van der Waals surface area contributed by atoms with Crippen LogP contribution < -0.4 is 0 Å². The highest BCUT2D eigenvalue weighted by molar-refractivity contribution is 4.79. The van der Waals surface area contributed by atoms with E-state index in [1.54, 1.807) is 6.92 Å². The summed E-state index contributed by atoms with van der Waals surface area (Å²) in [5.41, 5.74) is 0. The Bertz CT molecular complexity index is 128. The lowest BCUT2D eigenvalue weighted by molar-refractivity contribution is -0.0300. The van der Waals surface area contributed by atoms with Crippen molar-refractivity contribution in [3.05, 3.63) is 0 Å². The molecule has 1 rings (SSSR count). The van der Waals surface area contributed by atoms with Crippen LogP contribution in [0.2, 0.25) is 0 Å². The Morgan fingerprint density at radius 2 is 1.58 bits per heavy atom. The van der Waals surface area contributed by atoms with Crippen LogP contribution in [0.4, 0.5) is 0 Å². The normalized spacial score (nSPS) is 36.0. The van der Waals surface area contributed by atoms with Gasteiger partial charge in [0.25, 0.3) is 0 Å². The van der Waals surface area contributed by atoms with Crippen LogP contribution in [0.25, 0.3) is 0 Å². The molecule has 0 bridgehead atoms. The predicted molar refractivity (Wildman–Crippen MR) is 45.7 cm³/mol. The van der Waals surface area contributed by atoms with Crippen molar-refractivity contribution in [2.75, 3.05) is 0 Å². The van der Waals surface area contributed by atoms with Crippen molar-refractivity contribution in [2.45, 2.75) is 50.9 Å². The molecule has 2 unspecified atom stereocenters. The molecule has 0 radical (unpaired) electrons. The fourth-order valence-corrected chi connectivity index (χ4v) is 1.84. The summed E-state index contributed by atoms with van der Waals surface area (Å²) in [6.07, 6.45) is 1.72. The summed E-state index contributed by atoms with van der Waals surface area (Å²) >= 11 is 0. The summed E-state index contributed by atoms with van der Waals surface area (Å²) < 4.78 is 0. The molecule has 3 heteroatoms. The maximum absolute atomic E-state index is 9.51. The van der Waals surface area contributed by atoms with E-state index < -0.39 is 12.2 Å². The molecular weight excluding hydrogens is 156 g/mol. The Balaban J connectivity index is 2.34. The monoisotopic (exact) mass is 174 g/mol. The van der Waals surface area contributed by atoms with Crippen LogP contribution in [0.15, 0.2) is 0 Å². The lowest BCUT2D eigenvalue weighted by Crippen LogP contribution is -2.34. The van der Waals surface area contributed by atoms with Gasteiger partial charge in [0, 0.05) is 0 Å². The van der Waals surface area contributed by atoms with E-state index in [9.17, 15) is 10.2 Å². The Morgan fingerprint density at radius 3 is 2.00 bits per heavy atom. The highest BCUT2D eigenvalue weighted by Gasteiger charge is 2.27. The maximum Gasteiger partial charge on any atom is 0.0824 e. The van der Waals surface area contributed by atoms with Crippen molar-refractivity contribution in [2.24, 2.45) is 5.92 Å². The largest absolute Gasteiger partial charge is 0.393 e. The van der Waals surface area contributed by atoms with Gasteiger partial charge in [-0.05, 0) is 38.5 Å². The van der Waals surface area contributed by atoms with Gasteiger partial charge in [0.1, 0.15) is 0 Å². The van der Waals surface area contributed by atoms with Crippen molar-refractivity contribution in [1.82, 2.24) is 0 Å². The summed E-state index contributed by atoms with van der Waals surface area (Å²) in [5.74, 6) is 0.174. The summed E-state index contributed by atoms with van der Waals surface area (Å²) in [5, 5.41) is 27.8. The molecule has 12 heavy (non-hydrogen) atoms. The first kappa shape index (κ1) is 9.96. The molecule has 0 amide bonds. The molecule has 0 aromatic carbocycles. The first-order valence-corrected chi connectivity index (χ1v) is 4.65. The predicted octanol–water partition coefficient (Wildman–Crippen LogP) is 0.279.